The maximum atomic E-state index is 15.6. The Balaban J connectivity index is 1.46. The molecule has 48 heavy (non-hydrogen) atoms. The van der Waals surface area contributed by atoms with Crippen molar-refractivity contribution in [2.24, 2.45) is 0 Å². The van der Waals surface area contributed by atoms with E-state index in [9.17, 15) is 8.42 Å². The summed E-state index contributed by atoms with van der Waals surface area (Å²) in [5.41, 5.74) is 0.541. The molecule has 0 N–H and O–H groups in total. The molecule has 252 valence electrons. The van der Waals surface area contributed by atoms with Crippen LogP contribution in [0, 0.1) is 0 Å². The Kier molecular flexibility index (Phi) is 8.71. The number of likely N-dealkylation sites (tertiary alicyclic amines) is 1. The summed E-state index contributed by atoms with van der Waals surface area (Å²) >= 11 is 6.70. The number of sulfonamides is 1. The van der Waals surface area contributed by atoms with Gasteiger partial charge in [0.05, 0.1) is 37.0 Å². The predicted molar refractivity (Wildman–Crippen MR) is 181 cm³/mol. The number of halogens is 1. The molecule has 0 saturated carbocycles. The summed E-state index contributed by atoms with van der Waals surface area (Å²) in [7, 11) is 0.776. The van der Waals surface area contributed by atoms with E-state index in [0.29, 0.717) is 53.0 Å². The lowest BCUT2D eigenvalue weighted by Crippen LogP contribution is -2.54. The van der Waals surface area contributed by atoms with Crippen molar-refractivity contribution >= 4 is 33.2 Å². The number of benzene rings is 3. The molecule has 13 heteroatoms. The SMILES string of the molecule is COc1ccc(S(=O)(=O)N2C(=O)C(c3cc(CN4CCN(C)CC4)ccc3OC)(N3CCC[C@H]3c3ncco3)c3cc(Cl)ccc32)cc1. The van der Waals surface area contributed by atoms with Gasteiger partial charge in [-0.25, -0.2) is 17.7 Å². The number of likely N-dealkylation sites (N-methyl/N-ethyl adjacent to an activating group) is 1. The molecule has 2 saturated heterocycles. The largest absolute Gasteiger partial charge is 0.497 e. The number of anilines is 1. The maximum absolute atomic E-state index is 15.6. The number of nitrogens with zero attached hydrogens (tertiary/aromatic N) is 5. The normalized spacial score (nSPS) is 22.3. The summed E-state index contributed by atoms with van der Waals surface area (Å²) in [6.07, 6.45) is 4.47. The first-order valence-electron chi connectivity index (χ1n) is 16.0. The van der Waals surface area contributed by atoms with Gasteiger partial charge in [0.15, 0.2) is 5.54 Å². The van der Waals surface area contributed by atoms with Crippen molar-refractivity contribution in [2.75, 3.05) is 58.3 Å². The number of oxazole rings is 1. The van der Waals surface area contributed by atoms with Crippen LogP contribution in [0.25, 0.3) is 0 Å². The number of methoxy groups -OCH3 is 2. The Labute approximate surface area is 285 Å². The molecule has 3 aromatic carbocycles. The van der Waals surface area contributed by atoms with Crippen LogP contribution in [-0.4, -0.2) is 88.0 Å². The fraction of sp³-hybridized carbons (Fsp3) is 0.371. The highest BCUT2D eigenvalue weighted by Crippen LogP contribution is 2.57. The van der Waals surface area contributed by atoms with Crippen LogP contribution in [0.15, 0.2) is 82.4 Å². The van der Waals surface area contributed by atoms with Gasteiger partial charge in [0.2, 0.25) is 5.89 Å². The fourth-order valence-corrected chi connectivity index (χ4v) is 8.99. The van der Waals surface area contributed by atoms with E-state index >= 15 is 4.79 Å². The monoisotopic (exact) mass is 691 g/mol. The van der Waals surface area contributed by atoms with Crippen molar-refractivity contribution in [3.63, 3.8) is 0 Å². The van der Waals surface area contributed by atoms with Gasteiger partial charge in [0, 0.05) is 55.4 Å². The number of rotatable bonds is 9. The van der Waals surface area contributed by atoms with Crippen molar-refractivity contribution < 1.29 is 27.1 Å². The number of hydrogen-bond acceptors (Lipinski definition) is 10. The molecular formula is C35H38ClN5O6S. The zero-order valence-corrected chi connectivity index (χ0v) is 28.7. The van der Waals surface area contributed by atoms with Crippen LogP contribution in [0.3, 0.4) is 0 Å². The summed E-state index contributed by atoms with van der Waals surface area (Å²) in [4.78, 5) is 26.7. The fourth-order valence-electron chi connectivity index (χ4n) is 7.36. The molecule has 1 amide bonds. The third kappa shape index (κ3) is 5.36. The van der Waals surface area contributed by atoms with E-state index in [0.717, 1.165) is 42.5 Å². The van der Waals surface area contributed by atoms with Gasteiger partial charge in [-0.3, -0.25) is 14.6 Å². The molecular weight excluding hydrogens is 654 g/mol. The Bertz CT molecular complexity index is 1910. The van der Waals surface area contributed by atoms with E-state index in [1.165, 1.54) is 25.5 Å². The van der Waals surface area contributed by atoms with E-state index in [1.54, 1.807) is 43.6 Å². The van der Waals surface area contributed by atoms with Gasteiger partial charge < -0.3 is 18.8 Å². The third-order valence-electron chi connectivity index (χ3n) is 9.73. The highest BCUT2D eigenvalue weighted by Gasteiger charge is 2.62. The molecule has 0 radical (unpaired) electrons. The summed E-state index contributed by atoms with van der Waals surface area (Å²) in [5, 5.41) is 0.369. The molecule has 0 aliphatic carbocycles. The summed E-state index contributed by atoms with van der Waals surface area (Å²) in [6, 6.07) is 16.4. The quantitative estimate of drug-likeness (QED) is 0.240. The molecule has 0 spiro atoms. The number of aromatic nitrogens is 1. The first kappa shape index (κ1) is 32.6. The second-order valence-electron chi connectivity index (χ2n) is 12.5. The smallest absolute Gasteiger partial charge is 0.271 e. The summed E-state index contributed by atoms with van der Waals surface area (Å²) < 4.78 is 47.2. The van der Waals surface area contributed by atoms with E-state index in [1.807, 2.05) is 23.1 Å². The van der Waals surface area contributed by atoms with Crippen molar-refractivity contribution in [2.45, 2.75) is 35.9 Å². The highest BCUT2D eigenvalue weighted by molar-refractivity contribution is 7.93. The first-order valence-corrected chi connectivity index (χ1v) is 17.8. The highest BCUT2D eigenvalue weighted by atomic mass is 35.5. The molecule has 11 nitrogen and oxygen atoms in total. The first-order chi connectivity index (χ1) is 23.2. The Morgan fingerprint density at radius 2 is 1.73 bits per heavy atom. The number of amides is 1. The molecule has 1 unspecified atom stereocenters. The number of hydrogen-bond donors (Lipinski definition) is 0. The van der Waals surface area contributed by atoms with Crippen molar-refractivity contribution in [1.29, 1.82) is 0 Å². The van der Waals surface area contributed by atoms with Gasteiger partial charge in [-0.2, -0.15) is 0 Å². The number of fused-ring (bicyclic) bond motifs is 1. The molecule has 4 aromatic rings. The minimum absolute atomic E-state index is 0.0465. The van der Waals surface area contributed by atoms with Crippen LogP contribution in [0.1, 0.15) is 41.5 Å². The predicted octanol–water partition coefficient (Wildman–Crippen LogP) is 4.91. The van der Waals surface area contributed by atoms with Gasteiger partial charge in [-0.1, -0.05) is 17.7 Å². The standard InChI is InChI=1S/C35H38ClN5O6S/c1-38-16-18-39(19-17-38)23-24-6-13-32(46-3)29(21-24)35(40-15-4-5-31(40)33-37-14-20-47-33)28-22-25(36)7-12-30(28)41(34(35)42)48(43,44)27-10-8-26(45-2)9-11-27/h6-14,20-22,31H,4-5,15-19,23H2,1-3H3/t31-,35?/m0/s1. The lowest BCUT2D eigenvalue weighted by atomic mass is 9.80. The topological polar surface area (TPSA) is 109 Å². The van der Waals surface area contributed by atoms with Crippen LogP contribution < -0.4 is 13.8 Å². The van der Waals surface area contributed by atoms with Gasteiger partial charge in [0.1, 0.15) is 17.8 Å². The number of piperazine rings is 1. The second kappa shape index (κ2) is 12.8. The van der Waals surface area contributed by atoms with Crippen LogP contribution in [0.4, 0.5) is 5.69 Å². The van der Waals surface area contributed by atoms with E-state index in [-0.39, 0.29) is 10.6 Å². The van der Waals surface area contributed by atoms with E-state index in [4.69, 9.17) is 25.5 Å². The Morgan fingerprint density at radius 3 is 2.42 bits per heavy atom. The average molecular weight is 692 g/mol. The summed E-state index contributed by atoms with van der Waals surface area (Å²) in [6.45, 7) is 4.86. The number of carbonyl (C=O) groups excluding carboxylic acids is 1. The molecule has 3 aliphatic heterocycles. The minimum atomic E-state index is -4.41. The number of ether oxygens (including phenoxy) is 2. The summed E-state index contributed by atoms with van der Waals surface area (Å²) in [5.74, 6) is 0.755. The van der Waals surface area contributed by atoms with Gasteiger partial charge in [-0.05, 0) is 80.1 Å². The van der Waals surface area contributed by atoms with Crippen LogP contribution in [0.5, 0.6) is 11.5 Å². The molecule has 7 rings (SSSR count). The maximum Gasteiger partial charge on any atom is 0.271 e. The molecule has 2 fully saturated rings. The van der Waals surface area contributed by atoms with Gasteiger partial charge in [-0.15, -0.1) is 0 Å². The molecule has 4 heterocycles. The van der Waals surface area contributed by atoms with E-state index in [2.05, 4.69) is 21.8 Å². The van der Waals surface area contributed by atoms with Gasteiger partial charge in [0.25, 0.3) is 15.9 Å². The molecule has 0 bridgehead atoms. The number of carbonyl (C=O) groups is 1. The Hall–Kier alpha value is -3.94. The molecule has 2 atom stereocenters. The lowest BCUT2D eigenvalue weighted by molar-refractivity contribution is -0.127. The van der Waals surface area contributed by atoms with Crippen LogP contribution in [0.2, 0.25) is 5.02 Å². The third-order valence-corrected chi connectivity index (χ3v) is 11.7. The van der Waals surface area contributed by atoms with E-state index < -0.39 is 27.5 Å². The van der Waals surface area contributed by atoms with Crippen molar-refractivity contribution in [1.82, 2.24) is 19.7 Å². The van der Waals surface area contributed by atoms with Crippen molar-refractivity contribution in [3.05, 3.63) is 101 Å². The average Bonchev–Trinajstić information content (AvgIpc) is 3.85. The van der Waals surface area contributed by atoms with Gasteiger partial charge >= 0.3 is 0 Å². The Morgan fingerprint density at radius 1 is 0.958 bits per heavy atom. The zero-order valence-electron chi connectivity index (χ0n) is 27.1. The zero-order chi connectivity index (χ0) is 33.6. The second-order valence-corrected chi connectivity index (χ2v) is 14.7. The molecule has 3 aliphatic rings. The van der Waals surface area contributed by atoms with Crippen LogP contribution >= 0.6 is 11.6 Å². The van der Waals surface area contributed by atoms with Crippen LogP contribution in [-0.2, 0) is 26.9 Å². The van der Waals surface area contributed by atoms with Crippen molar-refractivity contribution in [3.8, 4) is 11.5 Å². The minimum Gasteiger partial charge on any atom is -0.497 e. The lowest BCUT2D eigenvalue weighted by Gasteiger charge is -2.41. The molecule has 1 aromatic heterocycles.